The van der Waals surface area contributed by atoms with Crippen molar-refractivity contribution in [1.82, 2.24) is 30.0 Å². The normalized spacial score (nSPS) is 11.1. The molecule has 0 bridgehead atoms. The third-order valence-electron chi connectivity index (χ3n) is 3.63. The number of methoxy groups -OCH3 is 1. The molecule has 10 nitrogen and oxygen atoms in total. The molecule has 0 saturated heterocycles. The molecule has 132 valence electrons. The fourth-order valence-electron chi connectivity index (χ4n) is 2.38. The summed E-state index contributed by atoms with van der Waals surface area (Å²) in [6.45, 7) is 3.24. The molecule has 0 atom stereocenters. The van der Waals surface area contributed by atoms with Gasteiger partial charge in [0.15, 0.2) is 11.5 Å². The molecule has 0 saturated carbocycles. The van der Waals surface area contributed by atoms with Crippen LogP contribution in [0.25, 0.3) is 11.2 Å². The number of nitrogen functional groups attached to an aromatic ring is 1. The molecule has 0 radical (unpaired) electrons. The second kappa shape index (κ2) is 7.26. The van der Waals surface area contributed by atoms with Gasteiger partial charge < -0.3 is 20.3 Å². The first-order valence-electron chi connectivity index (χ1n) is 7.82. The van der Waals surface area contributed by atoms with Gasteiger partial charge in [0.1, 0.15) is 5.52 Å². The van der Waals surface area contributed by atoms with Gasteiger partial charge in [0.25, 0.3) is 5.91 Å². The summed E-state index contributed by atoms with van der Waals surface area (Å²) in [7, 11) is 1.60. The Labute approximate surface area is 143 Å². The van der Waals surface area contributed by atoms with E-state index in [1.807, 2.05) is 6.92 Å². The van der Waals surface area contributed by atoms with Crippen LogP contribution >= 0.6 is 0 Å². The molecule has 0 spiro atoms. The van der Waals surface area contributed by atoms with Crippen LogP contribution in [-0.4, -0.2) is 44.3 Å². The van der Waals surface area contributed by atoms with Gasteiger partial charge >= 0.3 is 0 Å². The smallest absolute Gasteiger partial charge is 0.253 e. The number of rotatable bonds is 7. The molecule has 0 aliphatic carbocycles. The van der Waals surface area contributed by atoms with Gasteiger partial charge in [-0.05, 0) is 13.0 Å². The second-order valence-corrected chi connectivity index (χ2v) is 5.31. The molecule has 3 aromatic heterocycles. The highest BCUT2D eigenvalue weighted by molar-refractivity contribution is 5.96. The van der Waals surface area contributed by atoms with Gasteiger partial charge in [-0.3, -0.25) is 9.36 Å². The number of aryl methyl sites for hydroxylation is 1. The fourth-order valence-corrected chi connectivity index (χ4v) is 2.38. The molecular formula is C15H19N7O3. The van der Waals surface area contributed by atoms with Crippen molar-refractivity contribution in [2.45, 2.75) is 26.4 Å². The molecule has 3 aromatic rings. The Bertz CT molecular complexity index is 887. The summed E-state index contributed by atoms with van der Waals surface area (Å²) in [5.74, 6) is 0.926. The van der Waals surface area contributed by atoms with E-state index in [9.17, 15) is 4.79 Å². The third kappa shape index (κ3) is 3.58. The molecule has 3 N–H and O–H groups in total. The molecule has 0 aromatic carbocycles. The predicted octanol–water partition coefficient (Wildman–Crippen LogP) is 0.535. The van der Waals surface area contributed by atoms with Crippen molar-refractivity contribution < 1.29 is 14.1 Å². The average molecular weight is 345 g/mol. The van der Waals surface area contributed by atoms with Crippen molar-refractivity contribution in [1.29, 1.82) is 0 Å². The summed E-state index contributed by atoms with van der Waals surface area (Å²) < 4.78 is 11.8. The lowest BCUT2D eigenvalue weighted by molar-refractivity contribution is 0.0946. The van der Waals surface area contributed by atoms with E-state index in [1.165, 1.54) is 6.20 Å². The zero-order chi connectivity index (χ0) is 17.8. The summed E-state index contributed by atoms with van der Waals surface area (Å²) in [5, 5.41) is 6.52. The van der Waals surface area contributed by atoms with Crippen LogP contribution in [0.15, 0.2) is 16.8 Å². The number of carbonyl (C=O) groups excluding carboxylic acids is 1. The first-order chi connectivity index (χ1) is 12.1. The van der Waals surface area contributed by atoms with Gasteiger partial charge in [0.05, 0.1) is 18.7 Å². The van der Waals surface area contributed by atoms with Crippen LogP contribution in [0.1, 0.15) is 29.0 Å². The topological polar surface area (TPSA) is 134 Å². The molecule has 0 aliphatic heterocycles. The van der Waals surface area contributed by atoms with Gasteiger partial charge in [-0.25, -0.2) is 9.97 Å². The molecule has 3 heterocycles. The largest absolute Gasteiger partial charge is 0.384 e. The highest BCUT2D eigenvalue weighted by Crippen LogP contribution is 2.16. The van der Waals surface area contributed by atoms with Crippen molar-refractivity contribution in [2.24, 2.45) is 0 Å². The van der Waals surface area contributed by atoms with Crippen molar-refractivity contribution in [2.75, 3.05) is 19.5 Å². The molecule has 10 heteroatoms. The zero-order valence-electron chi connectivity index (χ0n) is 14.0. The lowest BCUT2D eigenvalue weighted by atomic mass is 10.2. The molecule has 3 rings (SSSR count). The number of amides is 1. The van der Waals surface area contributed by atoms with Crippen molar-refractivity contribution in [3.8, 4) is 0 Å². The second-order valence-electron chi connectivity index (χ2n) is 5.31. The predicted molar refractivity (Wildman–Crippen MR) is 88.7 cm³/mol. The molecule has 1 amide bonds. The first-order valence-corrected chi connectivity index (χ1v) is 7.82. The number of fused-ring (bicyclic) bond motifs is 1. The highest BCUT2D eigenvalue weighted by Gasteiger charge is 2.14. The van der Waals surface area contributed by atoms with E-state index >= 15 is 0 Å². The van der Waals surface area contributed by atoms with E-state index in [0.29, 0.717) is 54.0 Å². The zero-order valence-corrected chi connectivity index (χ0v) is 14.0. The number of hydrogen-bond acceptors (Lipinski definition) is 8. The van der Waals surface area contributed by atoms with Gasteiger partial charge in [0, 0.05) is 26.3 Å². The van der Waals surface area contributed by atoms with Crippen LogP contribution < -0.4 is 11.1 Å². The Balaban J connectivity index is 1.67. The number of aromatic nitrogens is 5. The number of carbonyl (C=O) groups is 1. The van der Waals surface area contributed by atoms with Gasteiger partial charge in [-0.1, -0.05) is 5.16 Å². The van der Waals surface area contributed by atoms with Gasteiger partial charge in [0.2, 0.25) is 11.8 Å². The summed E-state index contributed by atoms with van der Waals surface area (Å²) in [6.07, 6.45) is 2.04. The van der Waals surface area contributed by atoms with E-state index in [2.05, 4.69) is 25.4 Å². The minimum atomic E-state index is -0.310. The number of nitrogens with two attached hydrogens (primary N) is 1. The Morgan fingerprint density at radius 3 is 3.04 bits per heavy atom. The summed E-state index contributed by atoms with van der Waals surface area (Å²) in [5.41, 5.74) is 7.44. The molecular weight excluding hydrogens is 326 g/mol. The standard InChI is InChI=1S/C15H19N7O3/c1-3-22-13-10(19-15(22)16)6-9(7-17-13)14(23)18-8-12-20-11(21-25-12)4-5-24-2/h6-7H,3-5,8H2,1-2H3,(H2,16,19)(H,18,23). The number of ether oxygens (including phenoxy) is 1. The summed E-state index contributed by atoms with van der Waals surface area (Å²) >= 11 is 0. The maximum absolute atomic E-state index is 12.3. The van der Waals surface area contributed by atoms with Crippen LogP contribution in [0, 0.1) is 0 Å². The average Bonchev–Trinajstić information content (AvgIpc) is 3.19. The van der Waals surface area contributed by atoms with Crippen LogP contribution in [0.5, 0.6) is 0 Å². The SMILES string of the molecule is CCn1c(N)nc2cc(C(=O)NCc3nc(CCOC)no3)cnc21. The van der Waals surface area contributed by atoms with Crippen LogP contribution in [-0.2, 0) is 24.2 Å². The van der Waals surface area contributed by atoms with Crippen molar-refractivity contribution in [3.05, 3.63) is 29.5 Å². The number of hydrogen-bond donors (Lipinski definition) is 2. The van der Waals surface area contributed by atoms with E-state index in [0.717, 1.165) is 0 Å². The lowest BCUT2D eigenvalue weighted by Gasteiger charge is -2.03. The minimum Gasteiger partial charge on any atom is -0.384 e. The molecule has 0 unspecified atom stereocenters. The van der Waals surface area contributed by atoms with E-state index in [-0.39, 0.29) is 12.5 Å². The monoisotopic (exact) mass is 345 g/mol. The molecule has 0 aliphatic rings. The molecule has 0 fully saturated rings. The minimum absolute atomic E-state index is 0.127. The first kappa shape index (κ1) is 16.8. The van der Waals surface area contributed by atoms with Crippen LogP contribution in [0.2, 0.25) is 0 Å². The Morgan fingerprint density at radius 1 is 1.44 bits per heavy atom. The number of pyridine rings is 1. The van der Waals surface area contributed by atoms with Gasteiger partial charge in [-0.2, -0.15) is 4.98 Å². The number of anilines is 1. The van der Waals surface area contributed by atoms with Gasteiger partial charge in [-0.15, -0.1) is 0 Å². The van der Waals surface area contributed by atoms with Crippen molar-refractivity contribution in [3.63, 3.8) is 0 Å². The van der Waals surface area contributed by atoms with Crippen molar-refractivity contribution >= 4 is 23.0 Å². The number of imidazole rings is 1. The van der Waals surface area contributed by atoms with E-state index < -0.39 is 0 Å². The lowest BCUT2D eigenvalue weighted by Crippen LogP contribution is -2.23. The number of nitrogens with zero attached hydrogens (tertiary/aromatic N) is 5. The quantitative estimate of drug-likeness (QED) is 0.633. The fraction of sp³-hybridized carbons (Fsp3) is 0.400. The Kier molecular flexibility index (Phi) is 4.89. The Morgan fingerprint density at radius 2 is 2.28 bits per heavy atom. The number of nitrogens with one attached hydrogen (secondary N) is 1. The third-order valence-corrected chi connectivity index (χ3v) is 3.63. The van der Waals surface area contributed by atoms with Crippen LogP contribution in [0.3, 0.4) is 0 Å². The highest BCUT2D eigenvalue weighted by atomic mass is 16.5. The van der Waals surface area contributed by atoms with Crippen LogP contribution in [0.4, 0.5) is 5.95 Å². The molecule has 25 heavy (non-hydrogen) atoms. The van der Waals surface area contributed by atoms with E-state index in [1.54, 1.807) is 17.7 Å². The van der Waals surface area contributed by atoms with E-state index in [4.69, 9.17) is 15.0 Å². The summed E-state index contributed by atoms with van der Waals surface area (Å²) in [6, 6.07) is 1.65. The maximum atomic E-state index is 12.3. The Hall–Kier alpha value is -3.01. The maximum Gasteiger partial charge on any atom is 0.253 e. The summed E-state index contributed by atoms with van der Waals surface area (Å²) in [4.78, 5) is 24.9.